The maximum absolute atomic E-state index is 11.0. The van der Waals surface area contributed by atoms with E-state index in [4.69, 9.17) is 15.6 Å². The molecule has 2 unspecified atom stereocenters. The lowest BCUT2D eigenvalue weighted by Gasteiger charge is -2.28. The topological polar surface area (TPSA) is 75.8 Å². The molecule has 0 aromatic heterocycles. The number of rotatable bonds is 5. The molecular formula is C12H17BrN2O3. The number of aliphatic carboxylic acids is 1. The summed E-state index contributed by atoms with van der Waals surface area (Å²) in [5.74, 6) is -0.333. The Morgan fingerprint density at radius 2 is 2.11 bits per heavy atom. The molecule has 0 saturated carbocycles. The van der Waals surface area contributed by atoms with Crippen LogP contribution in [0.4, 0.5) is 0 Å². The van der Waals surface area contributed by atoms with Crippen LogP contribution in [0.3, 0.4) is 0 Å². The lowest BCUT2D eigenvalue weighted by atomic mass is 9.99. The molecule has 0 amide bonds. The molecule has 6 heteroatoms. The molecule has 0 aliphatic rings. The second-order valence-corrected chi connectivity index (χ2v) is 5.02. The third kappa shape index (κ3) is 3.22. The van der Waals surface area contributed by atoms with Gasteiger partial charge in [-0.3, -0.25) is 4.79 Å². The number of halogens is 1. The number of carbonyl (C=O) groups is 1. The number of carboxylic acids is 1. The predicted molar refractivity (Wildman–Crippen MR) is 72.7 cm³/mol. The van der Waals surface area contributed by atoms with Crippen LogP contribution in [0.5, 0.6) is 5.75 Å². The zero-order valence-electron chi connectivity index (χ0n) is 10.6. The number of ether oxygens (including phenoxy) is 1. The summed E-state index contributed by atoms with van der Waals surface area (Å²) in [4.78, 5) is 12.8. The number of nitrogens with two attached hydrogens (primary N) is 1. The maximum atomic E-state index is 11.0. The third-order valence-corrected chi connectivity index (χ3v) is 3.32. The number of nitrogens with zero attached hydrogens (tertiary/aromatic N) is 1. The molecule has 0 fully saturated rings. The summed E-state index contributed by atoms with van der Waals surface area (Å²) in [6.45, 7) is 0. The van der Waals surface area contributed by atoms with E-state index in [1.54, 1.807) is 32.2 Å². The van der Waals surface area contributed by atoms with Crippen molar-refractivity contribution < 1.29 is 14.6 Å². The van der Waals surface area contributed by atoms with Gasteiger partial charge in [0.2, 0.25) is 0 Å². The Bertz CT molecular complexity index is 437. The first kappa shape index (κ1) is 14.9. The van der Waals surface area contributed by atoms with Gasteiger partial charge in [-0.25, -0.2) is 0 Å². The number of hydrogen-bond acceptors (Lipinski definition) is 4. The highest BCUT2D eigenvalue weighted by Gasteiger charge is 2.28. The maximum Gasteiger partial charge on any atom is 0.322 e. The molecule has 0 saturated heterocycles. The van der Waals surface area contributed by atoms with Gasteiger partial charge in [0.05, 0.1) is 17.6 Å². The SMILES string of the molecule is COc1ccc(C(C(N)C(=O)O)N(C)C)cc1Br. The van der Waals surface area contributed by atoms with Crippen molar-refractivity contribution in [2.45, 2.75) is 12.1 Å². The first-order chi connectivity index (χ1) is 8.38. The molecule has 0 radical (unpaired) electrons. The van der Waals surface area contributed by atoms with Crippen molar-refractivity contribution in [3.05, 3.63) is 28.2 Å². The number of carboxylic acid groups (broad SMARTS) is 1. The van der Waals surface area contributed by atoms with E-state index < -0.39 is 18.1 Å². The molecule has 0 aliphatic carbocycles. The Balaban J connectivity index is 3.14. The minimum Gasteiger partial charge on any atom is -0.496 e. The quantitative estimate of drug-likeness (QED) is 0.860. The van der Waals surface area contributed by atoms with E-state index in [0.717, 1.165) is 10.0 Å². The third-order valence-electron chi connectivity index (χ3n) is 2.70. The molecular weight excluding hydrogens is 300 g/mol. The highest BCUT2D eigenvalue weighted by atomic mass is 79.9. The monoisotopic (exact) mass is 316 g/mol. The lowest BCUT2D eigenvalue weighted by molar-refractivity contribution is -0.140. The zero-order chi connectivity index (χ0) is 13.9. The Morgan fingerprint density at radius 1 is 1.50 bits per heavy atom. The Labute approximate surface area is 115 Å². The van der Waals surface area contributed by atoms with Gasteiger partial charge in [-0.05, 0) is 47.7 Å². The van der Waals surface area contributed by atoms with E-state index in [-0.39, 0.29) is 0 Å². The van der Waals surface area contributed by atoms with E-state index in [0.29, 0.717) is 5.75 Å². The van der Waals surface area contributed by atoms with Crippen LogP contribution in [0.2, 0.25) is 0 Å². The number of hydrogen-bond donors (Lipinski definition) is 2. The molecule has 0 bridgehead atoms. The van der Waals surface area contributed by atoms with Gasteiger partial charge in [0.1, 0.15) is 11.8 Å². The van der Waals surface area contributed by atoms with Crippen molar-refractivity contribution in [1.82, 2.24) is 4.90 Å². The molecule has 100 valence electrons. The van der Waals surface area contributed by atoms with Gasteiger partial charge >= 0.3 is 5.97 Å². The van der Waals surface area contributed by atoms with Crippen molar-refractivity contribution in [2.75, 3.05) is 21.2 Å². The van der Waals surface area contributed by atoms with Crippen LogP contribution in [0.15, 0.2) is 22.7 Å². The van der Waals surface area contributed by atoms with E-state index >= 15 is 0 Å². The van der Waals surface area contributed by atoms with Crippen LogP contribution in [-0.2, 0) is 4.79 Å². The van der Waals surface area contributed by atoms with Crippen molar-refractivity contribution >= 4 is 21.9 Å². The molecule has 2 atom stereocenters. The Morgan fingerprint density at radius 3 is 2.50 bits per heavy atom. The average molecular weight is 317 g/mol. The zero-order valence-corrected chi connectivity index (χ0v) is 12.1. The minimum absolute atomic E-state index is 0.398. The summed E-state index contributed by atoms with van der Waals surface area (Å²) in [5.41, 5.74) is 6.55. The fourth-order valence-corrected chi connectivity index (χ4v) is 2.39. The molecule has 1 aromatic rings. The Kier molecular flexibility index (Phi) is 5.13. The smallest absolute Gasteiger partial charge is 0.322 e. The largest absolute Gasteiger partial charge is 0.496 e. The molecule has 5 nitrogen and oxygen atoms in total. The Hall–Kier alpha value is -1.11. The molecule has 0 spiro atoms. The molecule has 1 aromatic carbocycles. The van der Waals surface area contributed by atoms with Crippen LogP contribution in [0.25, 0.3) is 0 Å². The van der Waals surface area contributed by atoms with Gasteiger partial charge in [-0.15, -0.1) is 0 Å². The summed E-state index contributed by atoms with van der Waals surface area (Å²) in [6.07, 6.45) is 0. The van der Waals surface area contributed by atoms with E-state index in [1.807, 2.05) is 12.1 Å². The fraction of sp³-hybridized carbons (Fsp3) is 0.417. The van der Waals surface area contributed by atoms with Crippen LogP contribution < -0.4 is 10.5 Å². The standard InChI is InChI=1S/C12H17BrN2O3/c1-15(2)11(10(14)12(16)17)7-4-5-9(18-3)8(13)6-7/h4-6,10-11H,14H2,1-3H3,(H,16,17). The molecule has 0 heterocycles. The fourth-order valence-electron chi connectivity index (χ4n) is 1.83. The molecule has 0 aliphatic heterocycles. The first-order valence-electron chi connectivity index (χ1n) is 5.36. The molecule has 18 heavy (non-hydrogen) atoms. The summed E-state index contributed by atoms with van der Waals surface area (Å²) < 4.78 is 5.91. The molecule has 1 rings (SSSR count). The number of methoxy groups -OCH3 is 1. The minimum atomic E-state index is -1.03. The number of benzene rings is 1. The van der Waals surface area contributed by atoms with E-state index in [1.165, 1.54) is 0 Å². The van der Waals surface area contributed by atoms with E-state index in [2.05, 4.69) is 15.9 Å². The molecule has 3 N–H and O–H groups in total. The van der Waals surface area contributed by atoms with Gasteiger partial charge in [0, 0.05) is 0 Å². The van der Waals surface area contributed by atoms with Gasteiger partial charge in [-0.1, -0.05) is 6.07 Å². The van der Waals surface area contributed by atoms with Crippen LogP contribution in [-0.4, -0.2) is 43.2 Å². The average Bonchev–Trinajstić information content (AvgIpc) is 2.28. The van der Waals surface area contributed by atoms with Crippen LogP contribution in [0.1, 0.15) is 11.6 Å². The highest BCUT2D eigenvalue weighted by Crippen LogP contribution is 2.30. The van der Waals surface area contributed by atoms with Crippen molar-refractivity contribution in [3.63, 3.8) is 0 Å². The van der Waals surface area contributed by atoms with Crippen molar-refractivity contribution in [2.24, 2.45) is 5.73 Å². The number of likely N-dealkylation sites (N-methyl/N-ethyl adjacent to an activating group) is 1. The summed E-state index contributed by atoms with van der Waals surface area (Å²) in [5, 5.41) is 9.04. The first-order valence-corrected chi connectivity index (χ1v) is 6.16. The van der Waals surface area contributed by atoms with E-state index in [9.17, 15) is 4.79 Å². The second kappa shape index (κ2) is 6.17. The summed E-state index contributed by atoms with van der Waals surface area (Å²) >= 11 is 3.38. The normalized spacial score (nSPS) is 14.3. The lowest BCUT2D eigenvalue weighted by Crippen LogP contribution is -2.43. The highest BCUT2D eigenvalue weighted by molar-refractivity contribution is 9.10. The summed E-state index contributed by atoms with van der Waals surface area (Å²) in [6, 6.07) is 4.04. The second-order valence-electron chi connectivity index (χ2n) is 4.17. The van der Waals surface area contributed by atoms with Crippen LogP contribution >= 0.6 is 15.9 Å². The van der Waals surface area contributed by atoms with Gasteiger partial charge in [0.25, 0.3) is 0 Å². The van der Waals surface area contributed by atoms with Crippen LogP contribution in [0, 0.1) is 0 Å². The van der Waals surface area contributed by atoms with Gasteiger partial charge in [-0.2, -0.15) is 0 Å². The predicted octanol–water partition coefficient (Wildman–Crippen LogP) is 1.47. The van der Waals surface area contributed by atoms with Crippen molar-refractivity contribution in [1.29, 1.82) is 0 Å². The van der Waals surface area contributed by atoms with Crippen molar-refractivity contribution in [3.8, 4) is 5.75 Å². The summed E-state index contributed by atoms with van der Waals surface area (Å²) in [7, 11) is 5.17. The van der Waals surface area contributed by atoms with Gasteiger partial charge in [0.15, 0.2) is 0 Å². The van der Waals surface area contributed by atoms with Gasteiger partial charge < -0.3 is 20.5 Å².